The molecule has 0 unspecified atom stereocenters. The predicted octanol–water partition coefficient (Wildman–Crippen LogP) is 3.77. The molecule has 0 aliphatic rings. The lowest BCUT2D eigenvalue weighted by molar-refractivity contribution is 0.608. The van der Waals surface area contributed by atoms with E-state index in [1.165, 1.54) is 5.56 Å². The van der Waals surface area contributed by atoms with Gasteiger partial charge in [0.05, 0.1) is 0 Å². The molecule has 3 heteroatoms. The lowest BCUT2D eigenvalue weighted by atomic mass is 10.1. The third-order valence-corrected chi connectivity index (χ3v) is 2.82. The van der Waals surface area contributed by atoms with Crippen LogP contribution in [-0.4, -0.2) is 9.55 Å². The smallest absolute Gasteiger partial charge is 0.207 e. The second kappa shape index (κ2) is 5.04. The highest BCUT2D eigenvalue weighted by Gasteiger charge is 2.05. The maximum atomic E-state index is 4.34. The van der Waals surface area contributed by atoms with E-state index in [-0.39, 0.29) is 0 Å². The zero-order valence-corrected chi connectivity index (χ0v) is 10.6. The highest BCUT2D eigenvalue weighted by molar-refractivity contribution is 5.54. The Labute approximate surface area is 103 Å². The fourth-order valence-corrected chi connectivity index (χ4v) is 1.82. The first-order valence-corrected chi connectivity index (χ1v) is 6.09. The summed E-state index contributed by atoms with van der Waals surface area (Å²) in [5, 5.41) is 3.36. The van der Waals surface area contributed by atoms with Crippen LogP contribution in [0.15, 0.2) is 36.7 Å². The summed E-state index contributed by atoms with van der Waals surface area (Å²) < 4.78 is 2.12. The summed E-state index contributed by atoms with van der Waals surface area (Å²) in [7, 11) is 0. The molecule has 1 N–H and O–H groups in total. The zero-order valence-electron chi connectivity index (χ0n) is 10.6. The molecule has 3 nitrogen and oxygen atoms in total. The zero-order chi connectivity index (χ0) is 12.3. The molecule has 0 bridgehead atoms. The molecule has 0 fully saturated rings. The van der Waals surface area contributed by atoms with Gasteiger partial charge in [0.1, 0.15) is 0 Å². The third kappa shape index (κ3) is 2.67. The standard InChI is InChI=1S/C14H19N3/c1-4-12-6-5-7-13(10-12)16-14-15-8-9-17(14)11(2)3/h5-11H,4H2,1-3H3,(H,15,16). The minimum atomic E-state index is 0.411. The van der Waals surface area contributed by atoms with Crippen LogP contribution in [0.2, 0.25) is 0 Å². The van der Waals surface area contributed by atoms with Crippen molar-refractivity contribution in [2.24, 2.45) is 0 Å². The first-order chi connectivity index (χ1) is 8.20. The summed E-state index contributed by atoms with van der Waals surface area (Å²) in [5.41, 5.74) is 2.43. The lowest BCUT2D eigenvalue weighted by Gasteiger charge is -2.13. The van der Waals surface area contributed by atoms with Gasteiger partial charge in [-0.15, -0.1) is 0 Å². The Morgan fingerprint density at radius 3 is 2.88 bits per heavy atom. The van der Waals surface area contributed by atoms with Crippen molar-refractivity contribution in [3.63, 3.8) is 0 Å². The van der Waals surface area contributed by atoms with Gasteiger partial charge in [0.2, 0.25) is 5.95 Å². The number of imidazole rings is 1. The van der Waals surface area contributed by atoms with E-state index in [2.05, 4.69) is 59.9 Å². The minimum Gasteiger partial charge on any atom is -0.326 e. The van der Waals surface area contributed by atoms with E-state index in [1.807, 2.05) is 12.4 Å². The molecule has 17 heavy (non-hydrogen) atoms. The summed E-state index contributed by atoms with van der Waals surface area (Å²) in [6.45, 7) is 6.46. The minimum absolute atomic E-state index is 0.411. The summed E-state index contributed by atoms with van der Waals surface area (Å²) in [4.78, 5) is 4.34. The number of aromatic nitrogens is 2. The molecular formula is C14H19N3. The number of nitrogens with one attached hydrogen (secondary N) is 1. The molecule has 0 atom stereocenters. The molecule has 0 saturated heterocycles. The van der Waals surface area contributed by atoms with E-state index in [1.54, 1.807) is 0 Å². The largest absolute Gasteiger partial charge is 0.326 e. The molecular weight excluding hydrogens is 210 g/mol. The molecule has 1 aromatic carbocycles. The number of hydrogen-bond donors (Lipinski definition) is 1. The quantitative estimate of drug-likeness (QED) is 0.864. The first-order valence-electron chi connectivity index (χ1n) is 6.09. The van der Waals surface area contributed by atoms with E-state index in [0.717, 1.165) is 18.1 Å². The Hall–Kier alpha value is -1.77. The molecule has 1 heterocycles. The van der Waals surface area contributed by atoms with Gasteiger partial charge in [0.25, 0.3) is 0 Å². The van der Waals surface area contributed by atoms with Crippen molar-refractivity contribution in [1.29, 1.82) is 0 Å². The number of aryl methyl sites for hydroxylation is 1. The second-order valence-corrected chi connectivity index (χ2v) is 4.43. The van der Waals surface area contributed by atoms with Gasteiger partial charge in [-0.2, -0.15) is 0 Å². The molecule has 0 aliphatic heterocycles. The van der Waals surface area contributed by atoms with Gasteiger partial charge in [-0.3, -0.25) is 0 Å². The van der Waals surface area contributed by atoms with Crippen LogP contribution in [-0.2, 0) is 6.42 Å². The molecule has 1 aromatic heterocycles. The number of nitrogens with zero attached hydrogens (tertiary/aromatic N) is 2. The molecule has 90 valence electrons. The van der Waals surface area contributed by atoms with Crippen molar-refractivity contribution in [3.05, 3.63) is 42.2 Å². The van der Waals surface area contributed by atoms with Gasteiger partial charge < -0.3 is 9.88 Å². The van der Waals surface area contributed by atoms with Gasteiger partial charge in [-0.25, -0.2) is 4.98 Å². The number of benzene rings is 1. The van der Waals surface area contributed by atoms with Gasteiger partial charge >= 0.3 is 0 Å². The van der Waals surface area contributed by atoms with Crippen LogP contribution >= 0.6 is 0 Å². The van der Waals surface area contributed by atoms with Crippen LogP contribution < -0.4 is 5.32 Å². The third-order valence-electron chi connectivity index (χ3n) is 2.82. The normalized spacial score (nSPS) is 10.8. The van der Waals surface area contributed by atoms with Crippen LogP contribution in [0.25, 0.3) is 0 Å². The Morgan fingerprint density at radius 2 is 2.18 bits per heavy atom. The van der Waals surface area contributed by atoms with Crippen molar-refractivity contribution in [2.45, 2.75) is 33.2 Å². The van der Waals surface area contributed by atoms with Crippen LogP contribution in [0.3, 0.4) is 0 Å². The van der Waals surface area contributed by atoms with Crippen LogP contribution in [0, 0.1) is 0 Å². The topological polar surface area (TPSA) is 29.9 Å². The molecule has 0 amide bonds. The Balaban J connectivity index is 2.22. The van der Waals surface area contributed by atoms with Crippen LogP contribution in [0.4, 0.5) is 11.6 Å². The lowest BCUT2D eigenvalue weighted by Crippen LogP contribution is -2.05. The van der Waals surface area contributed by atoms with Crippen molar-refractivity contribution < 1.29 is 0 Å². The summed E-state index contributed by atoms with van der Waals surface area (Å²) >= 11 is 0. The first kappa shape index (κ1) is 11.7. The van der Waals surface area contributed by atoms with E-state index in [0.29, 0.717) is 6.04 Å². The molecule has 0 saturated carbocycles. The van der Waals surface area contributed by atoms with Crippen molar-refractivity contribution in [2.75, 3.05) is 5.32 Å². The Kier molecular flexibility index (Phi) is 3.47. The average molecular weight is 229 g/mol. The maximum Gasteiger partial charge on any atom is 0.207 e. The van der Waals surface area contributed by atoms with Gasteiger partial charge in [0.15, 0.2) is 0 Å². The second-order valence-electron chi connectivity index (χ2n) is 4.43. The Morgan fingerprint density at radius 1 is 1.35 bits per heavy atom. The maximum absolute atomic E-state index is 4.34. The van der Waals surface area contributed by atoms with Gasteiger partial charge in [-0.05, 0) is 38.0 Å². The molecule has 0 spiro atoms. The Bertz CT molecular complexity index is 486. The SMILES string of the molecule is CCc1cccc(Nc2nccn2C(C)C)c1. The number of anilines is 2. The molecule has 0 aliphatic carbocycles. The van der Waals surface area contributed by atoms with Gasteiger partial charge in [-0.1, -0.05) is 19.1 Å². The monoisotopic (exact) mass is 229 g/mol. The van der Waals surface area contributed by atoms with Crippen molar-refractivity contribution in [1.82, 2.24) is 9.55 Å². The van der Waals surface area contributed by atoms with E-state index >= 15 is 0 Å². The van der Waals surface area contributed by atoms with Gasteiger partial charge in [0, 0.05) is 24.1 Å². The number of hydrogen-bond acceptors (Lipinski definition) is 2. The summed E-state index contributed by atoms with van der Waals surface area (Å²) in [6, 6.07) is 8.86. The predicted molar refractivity (Wildman–Crippen MR) is 71.7 cm³/mol. The number of rotatable bonds is 4. The molecule has 2 aromatic rings. The molecule has 0 radical (unpaired) electrons. The van der Waals surface area contributed by atoms with Crippen molar-refractivity contribution >= 4 is 11.6 Å². The van der Waals surface area contributed by atoms with Crippen LogP contribution in [0.1, 0.15) is 32.4 Å². The average Bonchev–Trinajstić information content (AvgIpc) is 2.77. The van der Waals surface area contributed by atoms with E-state index in [4.69, 9.17) is 0 Å². The van der Waals surface area contributed by atoms with E-state index < -0.39 is 0 Å². The van der Waals surface area contributed by atoms with E-state index in [9.17, 15) is 0 Å². The van der Waals surface area contributed by atoms with Crippen LogP contribution in [0.5, 0.6) is 0 Å². The highest BCUT2D eigenvalue weighted by atomic mass is 15.2. The summed E-state index contributed by atoms with van der Waals surface area (Å²) in [5.74, 6) is 0.897. The van der Waals surface area contributed by atoms with Crippen molar-refractivity contribution in [3.8, 4) is 0 Å². The summed E-state index contributed by atoms with van der Waals surface area (Å²) in [6.07, 6.45) is 4.87. The fourth-order valence-electron chi connectivity index (χ4n) is 1.82. The highest BCUT2D eigenvalue weighted by Crippen LogP contribution is 2.19. The fraction of sp³-hybridized carbons (Fsp3) is 0.357. The molecule has 2 rings (SSSR count).